The van der Waals surface area contributed by atoms with Crippen LogP contribution in [0.25, 0.3) is 11.0 Å². The lowest BCUT2D eigenvalue weighted by molar-refractivity contribution is 0.0892. The van der Waals surface area contributed by atoms with Gasteiger partial charge in [0.05, 0.1) is 6.10 Å². The average molecular weight is 277 g/mol. The van der Waals surface area contributed by atoms with Gasteiger partial charge in [0.15, 0.2) is 17.2 Å². The van der Waals surface area contributed by atoms with Gasteiger partial charge in [0.2, 0.25) is 0 Å². The van der Waals surface area contributed by atoms with E-state index in [1.165, 1.54) is 12.1 Å². The average Bonchev–Trinajstić information content (AvgIpc) is 3.03. The van der Waals surface area contributed by atoms with Crippen molar-refractivity contribution in [2.75, 3.05) is 6.54 Å². The van der Waals surface area contributed by atoms with Crippen LogP contribution in [-0.4, -0.2) is 23.7 Å². The summed E-state index contributed by atoms with van der Waals surface area (Å²) in [4.78, 5) is 12.0. The first kappa shape index (κ1) is 13.1. The Bertz CT molecular complexity index is 637. The lowest BCUT2D eigenvalue weighted by atomic mass is 10.1. The van der Waals surface area contributed by atoms with Crippen LogP contribution in [0, 0.1) is 11.7 Å². The number of carbonyl (C=O) groups is 1. The van der Waals surface area contributed by atoms with E-state index in [1.807, 2.05) is 0 Å². The van der Waals surface area contributed by atoms with Gasteiger partial charge < -0.3 is 14.8 Å². The minimum atomic E-state index is -0.479. The molecule has 3 rings (SSSR count). The Morgan fingerprint density at radius 2 is 2.30 bits per heavy atom. The summed E-state index contributed by atoms with van der Waals surface area (Å²) < 4.78 is 18.7. The van der Waals surface area contributed by atoms with E-state index in [1.54, 1.807) is 12.1 Å². The lowest BCUT2D eigenvalue weighted by Gasteiger charge is -2.14. The second-order valence-corrected chi connectivity index (χ2v) is 5.24. The third-order valence-electron chi connectivity index (χ3n) is 3.86. The number of fused-ring (bicyclic) bond motifs is 1. The van der Waals surface area contributed by atoms with E-state index in [-0.39, 0.29) is 29.3 Å². The van der Waals surface area contributed by atoms with Gasteiger partial charge in [-0.25, -0.2) is 4.39 Å². The van der Waals surface area contributed by atoms with Crippen LogP contribution in [-0.2, 0) is 0 Å². The normalized spacial score (nSPS) is 22.3. The number of furan rings is 1. The van der Waals surface area contributed by atoms with Gasteiger partial charge in [0, 0.05) is 17.8 Å². The zero-order valence-corrected chi connectivity index (χ0v) is 10.9. The Morgan fingerprint density at radius 1 is 1.45 bits per heavy atom. The Labute approximate surface area is 115 Å². The van der Waals surface area contributed by atoms with Crippen LogP contribution in [0.1, 0.15) is 29.8 Å². The van der Waals surface area contributed by atoms with Crippen LogP contribution >= 0.6 is 0 Å². The minimum Gasteiger partial charge on any atom is -0.448 e. The number of para-hydroxylation sites is 1. The van der Waals surface area contributed by atoms with Crippen LogP contribution in [0.5, 0.6) is 0 Å². The fraction of sp³-hybridized carbons (Fsp3) is 0.400. The molecule has 2 atom stereocenters. The molecule has 2 aromatic rings. The molecule has 0 spiro atoms. The number of aliphatic hydroxyl groups is 1. The second kappa shape index (κ2) is 5.25. The number of carbonyl (C=O) groups excluding carboxylic acids is 1. The topological polar surface area (TPSA) is 62.5 Å². The van der Waals surface area contributed by atoms with Crippen molar-refractivity contribution >= 4 is 16.9 Å². The molecule has 5 heteroatoms. The summed E-state index contributed by atoms with van der Waals surface area (Å²) in [6.45, 7) is 0.416. The fourth-order valence-electron chi connectivity index (χ4n) is 2.71. The number of benzene rings is 1. The molecular formula is C15H16FNO3. The molecule has 0 radical (unpaired) electrons. The van der Waals surface area contributed by atoms with Crippen molar-refractivity contribution in [2.45, 2.75) is 25.4 Å². The zero-order chi connectivity index (χ0) is 14.1. The molecule has 1 aromatic carbocycles. The lowest BCUT2D eigenvalue weighted by Crippen LogP contribution is -2.32. The molecule has 1 heterocycles. The Balaban J connectivity index is 1.71. The maximum atomic E-state index is 13.5. The van der Waals surface area contributed by atoms with E-state index in [0.29, 0.717) is 11.9 Å². The molecule has 1 saturated carbocycles. The molecule has 1 aromatic heterocycles. The third-order valence-corrected chi connectivity index (χ3v) is 3.86. The number of halogens is 1. The van der Waals surface area contributed by atoms with Gasteiger partial charge >= 0.3 is 0 Å². The summed E-state index contributed by atoms with van der Waals surface area (Å²) in [5.41, 5.74) is 0.0959. The number of aliphatic hydroxyl groups excluding tert-OH is 1. The number of hydrogen-bond acceptors (Lipinski definition) is 3. The van der Waals surface area contributed by atoms with Gasteiger partial charge in [-0.15, -0.1) is 0 Å². The van der Waals surface area contributed by atoms with Crippen LogP contribution in [0.4, 0.5) is 4.39 Å². The van der Waals surface area contributed by atoms with Crippen LogP contribution in [0.3, 0.4) is 0 Å². The first-order valence-electron chi connectivity index (χ1n) is 6.79. The van der Waals surface area contributed by atoms with Gasteiger partial charge in [-0.3, -0.25) is 4.79 Å². The highest BCUT2D eigenvalue weighted by Crippen LogP contribution is 2.25. The summed E-state index contributed by atoms with van der Waals surface area (Å²) in [6, 6.07) is 6.09. The first-order chi connectivity index (χ1) is 9.65. The SMILES string of the molecule is O=C(NCC1CCCC1O)c1cc2cccc(F)c2o1. The predicted octanol–water partition coefficient (Wildman–Crippen LogP) is 2.46. The van der Waals surface area contributed by atoms with E-state index >= 15 is 0 Å². The Hall–Kier alpha value is -1.88. The molecule has 2 unspecified atom stereocenters. The number of nitrogens with one attached hydrogen (secondary N) is 1. The van der Waals surface area contributed by atoms with Crippen molar-refractivity contribution < 1.29 is 18.7 Å². The van der Waals surface area contributed by atoms with E-state index in [2.05, 4.69) is 5.32 Å². The van der Waals surface area contributed by atoms with Crippen molar-refractivity contribution in [3.05, 3.63) is 35.8 Å². The van der Waals surface area contributed by atoms with Crippen molar-refractivity contribution in [3.8, 4) is 0 Å². The highest BCUT2D eigenvalue weighted by molar-refractivity contribution is 5.96. The summed E-state index contributed by atoms with van der Waals surface area (Å²) in [6.07, 6.45) is 2.34. The molecule has 20 heavy (non-hydrogen) atoms. The van der Waals surface area contributed by atoms with Crippen LogP contribution in [0.15, 0.2) is 28.7 Å². The Morgan fingerprint density at radius 3 is 3.00 bits per heavy atom. The fourth-order valence-corrected chi connectivity index (χ4v) is 2.71. The molecule has 1 fully saturated rings. The van der Waals surface area contributed by atoms with E-state index in [9.17, 15) is 14.3 Å². The summed E-state index contributed by atoms with van der Waals surface area (Å²) in [5, 5.41) is 13.0. The number of hydrogen-bond donors (Lipinski definition) is 2. The number of rotatable bonds is 3. The van der Waals surface area contributed by atoms with Gasteiger partial charge in [-0.1, -0.05) is 18.6 Å². The standard InChI is InChI=1S/C15H16FNO3/c16-11-5-1-3-9-7-13(20-14(9)11)15(19)17-8-10-4-2-6-12(10)18/h1,3,5,7,10,12,18H,2,4,6,8H2,(H,17,19). The van der Waals surface area contributed by atoms with Crippen molar-refractivity contribution in [1.29, 1.82) is 0 Å². The van der Waals surface area contributed by atoms with Gasteiger partial charge in [-0.05, 0) is 25.0 Å². The third kappa shape index (κ3) is 2.41. The smallest absolute Gasteiger partial charge is 0.287 e. The molecule has 0 saturated heterocycles. The molecule has 1 amide bonds. The molecular weight excluding hydrogens is 261 g/mol. The Kier molecular flexibility index (Phi) is 3.44. The van der Waals surface area contributed by atoms with Gasteiger partial charge in [0.25, 0.3) is 5.91 Å². The summed E-state index contributed by atoms with van der Waals surface area (Å²) >= 11 is 0. The number of amides is 1. The quantitative estimate of drug-likeness (QED) is 0.906. The largest absolute Gasteiger partial charge is 0.448 e. The molecule has 2 N–H and O–H groups in total. The molecule has 1 aliphatic carbocycles. The maximum Gasteiger partial charge on any atom is 0.287 e. The highest BCUT2D eigenvalue weighted by Gasteiger charge is 2.26. The minimum absolute atomic E-state index is 0.0950. The van der Waals surface area contributed by atoms with Crippen molar-refractivity contribution in [3.63, 3.8) is 0 Å². The summed E-state index contributed by atoms with van der Waals surface area (Å²) in [5.74, 6) is -0.662. The van der Waals surface area contributed by atoms with Crippen LogP contribution < -0.4 is 5.32 Å². The molecule has 0 bridgehead atoms. The predicted molar refractivity (Wildman–Crippen MR) is 71.9 cm³/mol. The maximum absolute atomic E-state index is 13.5. The van der Waals surface area contributed by atoms with Gasteiger partial charge in [-0.2, -0.15) is 0 Å². The molecule has 0 aliphatic heterocycles. The highest BCUT2D eigenvalue weighted by atomic mass is 19.1. The molecule has 4 nitrogen and oxygen atoms in total. The van der Waals surface area contributed by atoms with Crippen molar-refractivity contribution in [1.82, 2.24) is 5.32 Å². The van der Waals surface area contributed by atoms with E-state index < -0.39 is 5.82 Å². The van der Waals surface area contributed by atoms with E-state index in [0.717, 1.165) is 19.3 Å². The van der Waals surface area contributed by atoms with Crippen molar-refractivity contribution in [2.24, 2.45) is 5.92 Å². The molecule has 106 valence electrons. The van der Waals surface area contributed by atoms with E-state index in [4.69, 9.17) is 4.42 Å². The monoisotopic (exact) mass is 277 g/mol. The summed E-state index contributed by atoms with van der Waals surface area (Å²) in [7, 11) is 0. The second-order valence-electron chi connectivity index (χ2n) is 5.24. The van der Waals surface area contributed by atoms with Gasteiger partial charge in [0.1, 0.15) is 0 Å². The van der Waals surface area contributed by atoms with Crippen LogP contribution in [0.2, 0.25) is 0 Å². The molecule has 1 aliphatic rings. The first-order valence-corrected chi connectivity index (χ1v) is 6.79. The zero-order valence-electron chi connectivity index (χ0n) is 10.9.